The van der Waals surface area contributed by atoms with Crippen LogP contribution >= 0.6 is 12.2 Å². The largest absolute Gasteiger partial charge is 0.331 e. The van der Waals surface area contributed by atoms with Crippen LogP contribution in [0.5, 0.6) is 0 Å². The van der Waals surface area contributed by atoms with E-state index in [1.165, 1.54) is 0 Å². The Morgan fingerprint density at radius 3 is 2.74 bits per heavy atom. The summed E-state index contributed by atoms with van der Waals surface area (Å²) in [5.41, 5.74) is 4.30. The van der Waals surface area contributed by atoms with Gasteiger partial charge >= 0.3 is 0 Å². The first-order chi connectivity index (χ1) is 9.06. The summed E-state index contributed by atoms with van der Waals surface area (Å²) >= 11 is 5.38. The highest BCUT2D eigenvalue weighted by Gasteiger charge is 2.08. The standard InChI is InChI=1S/C14H16N4S/c1-9(2)18-13-6-11(17-7-10(3)15-8-17)4-5-12(13)16-14(18)19/h4-9H,1-3H3,(H,16,19). The summed E-state index contributed by atoms with van der Waals surface area (Å²) in [5, 5.41) is 0. The molecule has 0 fully saturated rings. The Kier molecular flexibility index (Phi) is 2.78. The van der Waals surface area contributed by atoms with E-state index in [2.05, 4.69) is 46.6 Å². The molecule has 0 radical (unpaired) electrons. The molecular weight excluding hydrogens is 256 g/mol. The van der Waals surface area contributed by atoms with Gasteiger partial charge in [0.2, 0.25) is 0 Å². The predicted octanol–water partition coefficient (Wildman–Crippen LogP) is 3.77. The van der Waals surface area contributed by atoms with Gasteiger partial charge in [0, 0.05) is 17.9 Å². The summed E-state index contributed by atoms with van der Waals surface area (Å²) in [6.07, 6.45) is 3.85. The van der Waals surface area contributed by atoms with Gasteiger partial charge in [-0.15, -0.1) is 0 Å². The number of aromatic nitrogens is 4. The summed E-state index contributed by atoms with van der Waals surface area (Å²) in [6.45, 7) is 6.26. The van der Waals surface area contributed by atoms with Crippen molar-refractivity contribution in [1.82, 2.24) is 19.1 Å². The van der Waals surface area contributed by atoms with Crippen molar-refractivity contribution in [3.8, 4) is 5.69 Å². The highest BCUT2D eigenvalue weighted by Crippen LogP contribution is 2.22. The molecule has 98 valence electrons. The van der Waals surface area contributed by atoms with Crippen molar-refractivity contribution in [3.05, 3.63) is 41.2 Å². The maximum absolute atomic E-state index is 5.38. The second-order valence-electron chi connectivity index (χ2n) is 5.02. The molecule has 1 aromatic carbocycles. The lowest BCUT2D eigenvalue weighted by molar-refractivity contribution is 0.610. The first-order valence-electron chi connectivity index (χ1n) is 6.31. The lowest BCUT2D eigenvalue weighted by Gasteiger charge is -2.09. The van der Waals surface area contributed by atoms with Crippen LogP contribution in [0, 0.1) is 11.7 Å². The van der Waals surface area contributed by atoms with Gasteiger partial charge in [0.15, 0.2) is 4.77 Å². The highest BCUT2D eigenvalue weighted by atomic mass is 32.1. The Labute approximate surface area is 116 Å². The highest BCUT2D eigenvalue weighted by molar-refractivity contribution is 7.71. The molecule has 2 aromatic heterocycles. The van der Waals surface area contributed by atoms with Gasteiger partial charge < -0.3 is 14.1 Å². The van der Waals surface area contributed by atoms with Crippen LogP contribution in [0.25, 0.3) is 16.7 Å². The molecule has 3 rings (SSSR count). The first kappa shape index (κ1) is 12.2. The fourth-order valence-corrected chi connectivity index (χ4v) is 2.76. The van der Waals surface area contributed by atoms with E-state index in [9.17, 15) is 0 Å². The Hall–Kier alpha value is -1.88. The molecule has 0 saturated heterocycles. The molecule has 4 nitrogen and oxygen atoms in total. The van der Waals surface area contributed by atoms with Gasteiger partial charge in [0.05, 0.1) is 23.1 Å². The molecular formula is C14H16N4S. The molecule has 0 aliphatic heterocycles. The Morgan fingerprint density at radius 2 is 2.11 bits per heavy atom. The maximum atomic E-state index is 5.38. The number of fused-ring (bicyclic) bond motifs is 1. The van der Waals surface area contributed by atoms with Crippen molar-refractivity contribution in [2.45, 2.75) is 26.8 Å². The zero-order chi connectivity index (χ0) is 13.6. The second-order valence-corrected chi connectivity index (χ2v) is 5.40. The third-order valence-electron chi connectivity index (χ3n) is 3.23. The van der Waals surface area contributed by atoms with E-state index in [-0.39, 0.29) is 0 Å². The van der Waals surface area contributed by atoms with Crippen molar-refractivity contribution in [2.24, 2.45) is 0 Å². The van der Waals surface area contributed by atoms with Crippen molar-refractivity contribution < 1.29 is 0 Å². The van der Waals surface area contributed by atoms with Gasteiger partial charge in [-0.05, 0) is 51.2 Å². The van der Waals surface area contributed by atoms with Crippen molar-refractivity contribution in [2.75, 3.05) is 0 Å². The number of nitrogens with one attached hydrogen (secondary N) is 1. The number of H-pyrrole nitrogens is 1. The summed E-state index contributed by atoms with van der Waals surface area (Å²) in [4.78, 5) is 7.51. The van der Waals surface area contributed by atoms with Crippen LogP contribution in [-0.2, 0) is 0 Å². The lowest BCUT2D eigenvalue weighted by atomic mass is 10.2. The number of rotatable bonds is 2. The SMILES string of the molecule is Cc1cn(-c2ccc3[nH]c(=S)n(C(C)C)c3c2)cn1. The van der Waals surface area contributed by atoms with Crippen LogP contribution in [0.1, 0.15) is 25.6 Å². The minimum Gasteiger partial charge on any atom is -0.331 e. The molecule has 2 heterocycles. The molecule has 0 amide bonds. The average Bonchev–Trinajstić information content (AvgIpc) is 2.90. The molecule has 3 aromatic rings. The van der Waals surface area contributed by atoms with E-state index in [4.69, 9.17) is 12.2 Å². The number of aryl methyl sites for hydroxylation is 1. The summed E-state index contributed by atoms with van der Waals surface area (Å²) in [5.74, 6) is 0. The predicted molar refractivity (Wildman–Crippen MR) is 79.4 cm³/mol. The monoisotopic (exact) mass is 272 g/mol. The fourth-order valence-electron chi connectivity index (χ4n) is 2.35. The van der Waals surface area contributed by atoms with E-state index in [1.807, 2.05) is 24.0 Å². The number of hydrogen-bond donors (Lipinski definition) is 1. The summed E-state index contributed by atoms with van der Waals surface area (Å²) in [7, 11) is 0. The quantitative estimate of drug-likeness (QED) is 0.721. The minimum atomic E-state index is 0.334. The molecule has 0 atom stereocenters. The third-order valence-corrected chi connectivity index (χ3v) is 3.53. The fraction of sp³-hybridized carbons (Fsp3) is 0.286. The molecule has 0 spiro atoms. The number of hydrogen-bond acceptors (Lipinski definition) is 2. The smallest absolute Gasteiger partial charge is 0.178 e. The zero-order valence-electron chi connectivity index (χ0n) is 11.2. The van der Waals surface area contributed by atoms with Crippen molar-refractivity contribution >= 4 is 23.3 Å². The number of imidazole rings is 2. The minimum absolute atomic E-state index is 0.334. The van der Waals surface area contributed by atoms with Gasteiger partial charge in [-0.25, -0.2) is 4.98 Å². The molecule has 0 unspecified atom stereocenters. The maximum Gasteiger partial charge on any atom is 0.178 e. The molecule has 0 aliphatic carbocycles. The molecule has 0 bridgehead atoms. The van der Waals surface area contributed by atoms with E-state index >= 15 is 0 Å². The van der Waals surface area contributed by atoms with Gasteiger partial charge in [0.1, 0.15) is 0 Å². The molecule has 5 heteroatoms. The zero-order valence-corrected chi connectivity index (χ0v) is 12.0. The van der Waals surface area contributed by atoms with Gasteiger partial charge in [-0.3, -0.25) is 0 Å². The van der Waals surface area contributed by atoms with Crippen LogP contribution in [-0.4, -0.2) is 19.1 Å². The lowest BCUT2D eigenvalue weighted by Crippen LogP contribution is -2.00. The van der Waals surface area contributed by atoms with Crippen LogP contribution < -0.4 is 0 Å². The molecule has 0 saturated carbocycles. The van der Waals surface area contributed by atoms with Crippen LogP contribution in [0.3, 0.4) is 0 Å². The molecule has 0 aliphatic rings. The number of nitrogens with zero attached hydrogens (tertiary/aromatic N) is 3. The Bertz CT molecular complexity index is 791. The third kappa shape index (κ3) is 2.00. The topological polar surface area (TPSA) is 38.5 Å². The first-order valence-corrected chi connectivity index (χ1v) is 6.72. The van der Waals surface area contributed by atoms with Crippen LogP contribution in [0.15, 0.2) is 30.7 Å². The Balaban J connectivity index is 2.25. The second kappa shape index (κ2) is 4.35. The summed E-state index contributed by atoms with van der Waals surface area (Å²) in [6, 6.07) is 6.61. The Morgan fingerprint density at radius 1 is 1.32 bits per heavy atom. The van der Waals surface area contributed by atoms with Crippen molar-refractivity contribution in [1.29, 1.82) is 0 Å². The molecule has 19 heavy (non-hydrogen) atoms. The van der Waals surface area contributed by atoms with Gasteiger partial charge in [-0.1, -0.05) is 0 Å². The van der Waals surface area contributed by atoms with E-state index in [0.29, 0.717) is 6.04 Å². The van der Waals surface area contributed by atoms with E-state index < -0.39 is 0 Å². The average molecular weight is 272 g/mol. The van der Waals surface area contributed by atoms with Gasteiger partial charge in [0.25, 0.3) is 0 Å². The van der Waals surface area contributed by atoms with Gasteiger partial charge in [-0.2, -0.15) is 0 Å². The molecule has 1 N–H and O–H groups in total. The van der Waals surface area contributed by atoms with Crippen LogP contribution in [0.2, 0.25) is 0 Å². The van der Waals surface area contributed by atoms with E-state index in [0.717, 1.165) is 27.2 Å². The summed E-state index contributed by atoms with van der Waals surface area (Å²) < 4.78 is 4.93. The number of aromatic amines is 1. The van der Waals surface area contributed by atoms with E-state index in [1.54, 1.807) is 0 Å². The normalized spacial score (nSPS) is 11.6. The van der Waals surface area contributed by atoms with Crippen LogP contribution in [0.4, 0.5) is 0 Å². The van der Waals surface area contributed by atoms with Crippen molar-refractivity contribution in [3.63, 3.8) is 0 Å². The number of benzene rings is 1.